The fourth-order valence-electron chi connectivity index (χ4n) is 2.23. The smallest absolute Gasteiger partial charge is 0.133 e. The molecule has 2 aromatic rings. The average molecular weight is 270 g/mol. The molecule has 1 N–H and O–H groups in total. The predicted molar refractivity (Wildman–Crippen MR) is 82.8 cm³/mol. The third-order valence-corrected chi connectivity index (χ3v) is 3.14. The van der Waals surface area contributed by atoms with E-state index in [1.54, 1.807) is 6.33 Å². The highest BCUT2D eigenvalue weighted by molar-refractivity contribution is 5.68. The van der Waals surface area contributed by atoms with Crippen LogP contribution in [-0.4, -0.2) is 21.5 Å². The Morgan fingerprint density at radius 1 is 1.10 bits per heavy atom. The van der Waals surface area contributed by atoms with Gasteiger partial charge in [-0.15, -0.1) is 0 Å². The minimum Gasteiger partial charge on any atom is -0.370 e. The number of nitrogens with one attached hydrogen (secondary N) is 1. The van der Waals surface area contributed by atoms with E-state index in [1.807, 2.05) is 19.3 Å². The maximum Gasteiger partial charge on any atom is 0.133 e. The Labute approximate surface area is 120 Å². The van der Waals surface area contributed by atoms with Gasteiger partial charge in [-0.2, -0.15) is 0 Å². The summed E-state index contributed by atoms with van der Waals surface area (Å²) in [5, 5.41) is 3.40. The molecule has 0 saturated carbocycles. The van der Waals surface area contributed by atoms with Gasteiger partial charge in [0.2, 0.25) is 0 Å². The molecule has 20 heavy (non-hydrogen) atoms. The molecule has 0 aliphatic carbocycles. The summed E-state index contributed by atoms with van der Waals surface area (Å²) < 4.78 is 0. The van der Waals surface area contributed by atoms with E-state index in [-0.39, 0.29) is 0 Å². The highest BCUT2D eigenvalue weighted by Crippen LogP contribution is 2.26. The van der Waals surface area contributed by atoms with Gasteiger partial charge in [-0.05, 0) is 31.4 Å². The standard InChI is InChI=1S/C16H22N4/c1-4-6-14-15(13-8-12(3)9-17-10-13)19-11-20-16(14)18-7-5-2/h8-11H,4-7H2,1-3H3,(H,18,19,20). The van der Waals surface area contributed by atoms with E-state index in [0.29, 0.717) is 0 Å². The molecule has 0 unspecified atom stereocenters. The first-order valence-corrected chi connectivity index (χ1v) is 7.26. The van der Waals surface area contributed by atoms with E-state index in [0.717, 1.165) is 48.4 Å². The molecular weight excluding hydrogens is 248 g/mol. The van der Waals surface area contributed by atoms with Crippen molar-refractivity contribution in [1.82, 2.24) is 15.0 Å². The van der Waals surface area contributed by atoms with Gasteiger partial charge in [-0.3, -0.25) is 4.98 Å². The van der Waals surface area contributed by atoms with E-state index in [4.69, 9.17) is 0 Å². The van der Waals surface area contributed by atoms with Crippen molar-refractivity contribution >= 4 is 5.82 Å². The number of hydrogen-bond acceptors (Lipinski definition) is 4. The normalized spacial score (nSPS) is 10.6. The minimum atomic E-state index is 0.930. The lowest BCUT2D eigenvalue weighted by Crippen LogP contribution is -2.08. The van der Waals surface area contributed by atoms with Crippen molar-refractivity contribution in [1.29, 1.82) is 0 Å². The zero-order chi connectivity index (χ0) is 14.4. The quantitative estimate of drug-likeness (QED) is 0.871. The first kappa shape index (κ1) is 14.4. The zero-order valence-corrected chi connectivity index (χ0v) is 12.5. The summed E-state index contributed by atoms with van der Waals surface area (Å²) in [5.74, 6) is 0.959. The minimum absolute atomic E-state index is 0.930. The first-order chi connectivity index (χ1) is 9.76. The van der Waals surface area contributed by atoms with Crippen LogP contribution < -0.4 is 5.32 Å². The van der Waals surface area contributed by atoms with Gasteiger partial charge in [-0.1, -0.05) is 20.3 Å². The molecule has 2 aromatic heterocycles. The van der Waals surface area contributed by atoms with Gasteiger partial charge in [0, 0.05) is 30.1 Å². The monoisotopic (exact) mass is 270 g/mol. The van der Waals surface area contributed by atoms with Crippen molar-refractivity contribution in [2.24, 2.45) is 0 Å². The van der Waals surface area contributed by atoms with E-state index in [2.05, 4.69) is 40.2 Å². The van der Waals surface area contributed by atoms with E-state index in [1.165, 1.54) is 5.56 Å². The number of aryl methyl sites for hydroxylation is 1. The SMILES string of the molecule is CCCNc1ncnc(-c2cncc(C)c2)c1CCC. The molecule has 4 nitrogen and oxygen atoms in total. The molecule has 0 aromatic carbocycles. The molecule has 0 aliphatic rings. The van der Waals surface area contributed by atoms with Crippen molar-refractivity contribution in [3.8, 4) is 11.3 Å². The van der Waals surface area contributed by atoms with Gasteiger partial charge < -0.3 is 5.32 Å². The van der Waals surface area contributed by atoms with Crippen LogP contribution in [0.5, 0.6) is 0 Å². The van der Waals surface area contributed by atoms with Crippen LogP contribution >= 0.6 is 0 Å². The van der Waals surface area contributed by atoms with Gasteiger partial charge in [0.05, 0.1) is 5.69 Å². The Balaban J connectivity index is 2.45. The lowest BCUT2D eigenvalue weighted by atomic mass is 10.0. The van der Waals surface area contributed by atoms with Crippen LogP contribution in [0.2, 0.25) is 0 Å². The number of hydrogen-bond donors (Lipinski definition) is 1. The molecule has 4 heteroatoms. The Kier molecular flexibility index (Phi) is 5.04. The van der Waals surface area contributed by atoms with E-state index in [9.17, 15) is 0 Å². The summed E-state index contributed by atoms with van der Waals surface area (Å²) in [5.41, 5.74) is 4.40. The van der Waals surface area contributed by atoms with Crippen molar-refractivity contribution < 1.29 is 0 Å². The fourth-order valence-corrected chi connectivity index (χ4v) is 2.23. The highest BCUT2D eigenvalue weighted by atomic mass is 15.0. The molecule has 0 amide bonds. The molecular formula is C16H22N4. The molecule has 0 aliphatic heterocycles. The van der Waals surface area contributed by atoms with Gasteiger partial charge in [0.25, 0.3) is 0 Å². The van der Waals surface area contributed by atoms with Crippen LogP contribution in [-0.2, 0) is 6.42 Å². The summed E-state index contributed by atoms with van der Waals surface area (Å²) in [7, 11) is 0. The third-order valence-electron chi connectivity index (χ3n) is 3.14. The maximum atomic E-state index is 4.49. The number of pyridine rings is 1. The molecule has 0 spiro atoms. The lowest BCUT2D eigenvalue weighted by molar-refractivity contribution is 0.892. The van der Waals surface area contributed by atoms with E-state index >= 15 is 0 Å². The molecule has 2 heterocycles. The van der Waals surface area contributed by atoms with Gasteiger partial charge in [0.15, 0.2) is 0 Å². The second-order valence-electron chi connectivity index (χ2n) is 4.98. The summed E-state index contributed by atoms with van der Waals surface area (Å²) in [6, 6.07) is 2.12. The van der Waals surface area contributed by atoms with Gasteiger partial charge >= 0.3 is 0 Å². The highest BCUT2D eigenvalue weighted by Gasteiger charge is 2.12. The predicted octanol–water partition coefficient (Wildman–Crippen LogP) is 3.62. The number of aromatic nitrogens is 3. The summed E-state index contributed by atoms with van der Waals surface area (Å²) in [4.78, 5) is 13.2. The van der Waals surface area contributed by atoms with Crippen LogP contribution in [0.15, 0.2) is 24.8 Å². The molecule has 0 atom stereocenters. The van der Waals surface area contributed by atoms with Crippen molar-refractivity contribution in [2.45, 2.75) is 40.0 Å². The lowest BCUT2D eigenvalue weighted by Gasteiger charge is -2.13. The van der Waals surface area contributed by atoms with Gasteiger partial charge in [-0.25, -0.2) is 9.97 Å². The summed E-state index contributed by atoms with van der Waals surface area (Å²) >= 11 is 0. The van der Waals surface area contributed by atoms with Crippen molar-refractivity contribution in [3.63, 3.8) is 0 Å². The number of anilines is 1. The Hall–Kier alpha value is -1.97. The van der Waals surface area contributed by atoms with Crippen LogP contribution in [0.4, 0.5) is 5.82 Å². The van der Waals surface area contributed by atoms with Crippen molar-refractivity contribution in [2.75, 3.05) is 11.9 Å². The third kappa shape index (κ3) is 3.32. The number of rotatable bonds is 6. The first-order valence-electron chi connectivity index (χ1n) is 7.26. The van der Waals surface area contributed by atoms with Crippen LogP contribution in [0.3, 0.4) is 0 Å². The Bertz CT molecular complexity index is 566. The topological polar surface area (TPSA) is 50.7 Å². The molecule has 0 radical (unpaired) electrons. The van der Waals surface area contributed by atoms with E-state index < -0.39 is 0 Å². The van der Waals surface area contributed by atoms with Gasteiger partial charge in [0.1, 0.15) is 12.1 Å². The van der Waals surface area contributed by atoms with Crippen molar-refractivity contribution in [3.05, 3.63) is 35.9 Å². The van der Waals surface area contributed by atoms with Crippen LogP contribution in [0.25, 0.3) is 11.3 Å². The van der Waals surface area contributed by atoms with Crippen LogP contribution in [0.1, 0.15) is 37.8 Å². The summed E-state index contributed by atoms with van der Waals surface area (Å²) in [6.07, 6.45) is 8.49. The second kappa shape index (κ2) is 6.98. The number of nitrogens with zero attached hydrogens (tertiary/aromatic N) is 3. The fraction of sp³-hybridized carbons (Fsp3) is 0.438. The molecule has 106 valence electrons. The molecule has 2 rings (SSSR count). The average Bonchev–Trinajstić information content (AvgIpc) is 2.46. The summed E-state index contributed by atoms with van der Waals surface area (Å²) in [6.45, 7) is 7.31. The Morgan fingerprint density at radius 2 is 1.95 bits per heavy atom. The second-order valence-corrected chi connectivity index (χ2v) is 4.98. The largest absolute Gasteiger partial charge is 0.370 e. The molecule has 0 fully saturated rings. The molecule has 0 bridgehead atoms. The molecule has 0 saturated heterocycles. The maximum absolute atomic E-state index is 4.49. The zero-order valence-electron chi connectivity index (χ0n) is 12.5. The Morgan fingerprint density at radius 3 is 2.65 bits per heavy atom. The van der Waals surface area contributed by atoms with Crippen LogP contribution in [0, 0.1) is 6.92 Å².